The molecular formula is C13H21N5O2. The standard InChI is InChI=1S/C13H21N5O2/c1-3-8-14-12-15-9-10(18(19)20)11(16-12)17-13(4-2)6-5-7-13/h9H,3-8H2,1-2H3,(H2,14,15,16,17). The first-order valence-corrected chi connectivity index (χ1v) is 7.13. The van der Waals surface area contributed by atoms with Crippen LogP contribution in [0.1, 0.15) is 46.0 Å². The largest absolute Gasteiger partial charge is 0.359 e. The van der Waals surface area contributed by atoms with Crippen molar-refractivity contribution in [3.8, 4) is 0 Å². The molecule has 0 bridgehead atoms. The van der Waals surface area contributed by atoms with Gasteiger partial charge in [-0.2, -0.15) is 4.98 Å². The molecule has 1 fully saturated rings. The molecule has 0 saturated heterocycles. The van der Waals surface area contributed by atoms with Crippen molar-refractivity contribution < 1.29 is 4.92 Å². The van der Waals surface area contributed by atoms with Crippen LogP contribution in [0.3, 0.4) is 0 Å². The van der Waals surface area contributed by atoms with E-state index in [9.17, 15) is 10.1 Å². The third-order valence-electron chi connectivity index (χ3n) is 3.87. The summed E-state index contributed by atoms with van der Waals surface area (Å²) in [6.07, 6.45) is 6.37. The lowest BCUT2D eigenvalue weighted by Crippen LogP contribution is -2.44. The van der Waals surface area contributed by atoms with Gasteiger partial charge >= 0.3 is 5.69 Å². The van der Waals surface area contributed by atoms with Crippen LogP contribution in [0.5, 0.6) is 0 Å². The predicted octanol–water partition coefficient (Wildman–Crippen LogP) is 2.95. The summed E-state index contributed by atoms with van der Waals surface area (Å²) in [6.45, 7) is 4.88. The SMILES string of the molecule is CCCNc1ncc([N+](=O)[O-])c(NC2(CC)CCC2)n1. The maximum atomic E-state index is 11.1. The lowest BCUT2D eigenvalue weighted by molar-refractivity contribution is -0.384. The molecule has 0 aromatic carbocycles. The van der Waals surface area contributed by atoms with Crippen LogP contribution in [0.25, 0.3) is 0 Å². The van der Waals surface area contributed by atoms with Crippen molar-refractivity contribution >= 4 is 17.5 Å². The van der Waals surface area contributed by atoms with E-state index >= 15 is 0 Å². The number of anilines is 2. The van der Waals surface area contributed by atoms with E-state index in [1.807, 2.05) is 6.92 Å². The Morgan fingerprint density at radius 3 is 2.70 bits per heavy atom. The summed E-state index contributed by atoms with van der Waals surface area (Å²) in [4.78, 5) is 18.9. The quantitative estimate of drug-likeness (QED) is 0.588. The first kappa shape index (κ1) is 14.5. The molecular weight excluding hydrogens is 258 g/mol. The average Bonchev–Trinajstić information content (AvgIpc) is 2.40. The van der Waals surface area contributed by atoms with Crippen LogP contribution in [0.2, 0.25) is 0 Å². The van der Waals surface area contributed by atoms with Crippen LogP contribution in [0, 0.1) is 10.1 Å². The van der Waals surface area contributed by atoms with E-state index < -0.39 is 4.92 Å². The van der Waals surface area contributed by atoms with Crippen LogP contribution < -0.4 is 10.6 Å². The highest BCUT2D eigenvalue weighted by molar-refractivity contribution is 5.58. The summed E-state index contributed by atoms with van der Waals surface area (Å²) in [5.41, 5.74) is -0.104. The van der Waals surface area contributed by atoms with Crippen LogP contribution in [-0.4, -0.2) is 27.0 Å². The lowest BCUT2D eigenvalue weighted by Gasteiger charge is -2.42. The highest BCUT2D eigenvalue weighted by Crippen LogP contribution is 2.39. The molecule has 1 saturated carbocycles. The van der Waals surface area contributed by atoms with Crippen molar-refractivity contribution in [2.45, 2.75) is 51.5 Å². The number of nitro groups is 1. The number of nitrogens with one attached hydrogen (secondary N) is 2. The fourth-order valence-corrected chi connectivity index (χ4v) is 2.34. The van der Waals surface area contributed by atoms with Gasteiger partial charge < -0.3 is 10.6 Å². The number of hydrogen-bond donors (Lipinski definition) is 2. The number of nitrogens with zero attached hydrogens (tertiary/aromatic N) is 3. The molecule has 0 unspecified atom stereocenters. The van der Waals surface area contributed by atoms with Crippen LogP contribution >= 0.6 is 0 Å². The zero-order valence-corrected chi connectivity index (χ0v) is 12.0. The molecule has 0 spiro atoms. The van der Waals surface area contributed by atoms with Gasteiger partial charge in [-0.25, -0.2) is 4.98 Å². The van der Waals surface area contributed by atoms with Crippen molar-refractivity contribution in [3.05, 3.63) is 16.3 Å². The van der Waals surface area contributed by atoms with Crippen molar-refractivity contribution in [1.82, 2.24) is 9.97 Å². The number of aromatic nitrogens is 2. The molecule has 2 N–H and O–H groups in total. The number of hydrogen-bond acceptors (Lipinski definition) is 6. The van der Waals surface area contributed by atoms with E-state index in [0.29, 0.717) is 11.8 Å². The number of rotatable bonds is 7. The summed E-state index contributed by atoms with van der Waals surface area (Å²) >= 11 is 0. The second kappa shape index (κ2) is 6.02. The van der Waals surface area contributed by atoms with Gasteiger partial charge in [0.15, 0.2) is 0 Å². The van der Waals surface area contributed by atoms with Crippen molar-refractivity contribution in [2.24, 2.45) is 0 Å². The molecule has 1 aromatic heterocycles. The summed E-state index contributed by atoms with van der Waals surface area (Å²) in [5.74, 6) is 0.760. The first-order chi connectivity index (χ1) is 9.60. The fraction of sp³-hybridized carbons (Fsp3) is 0.692. The smallest absolute Gasteiger partial charge is 0.329 e. The van der Waals surface area contributed by atoms with Gasteiger partial charge in [-0.15, -0.1) is 0 Å². The molecule has 2 rings (SSSR count). The van der Waals surface area contributed by atoms with E-state index in [2.05, 4.69) is 27.5 Å². The van der Waals surface area contributed by atoms with E-state index in [1.165, 1.54) is 6.20 Å². The molecule has 7 nitrogen and oxygen atoms in total. The topological polar surface area (TPSA) is 93.0 Å². The summed E-state index contributed by atoms with van der Waals surface area (Å²) in [5, 5.41) is 17.4. The van der Waals surface area contributed by atoms with Gasteiger partial charge in [-0.1, -0.05) is 13.8 Å². The monoisotopic (exact) mass is 279 g/mol. The molecule has 1 aliphatic carbocycles. The highest BCUT2D eigenvalue weighted by Gasteiger charge is 2.37. The van der Waals surface area contributed by atoms with Crippen molar-refractivity contribution in [2.75, 3.05) is 17.2 Å². The van der Waals surface area contributed by atoms with Crippen molar-refractivity contribution in [3.63, 3.8) is 0 Å². The molecule has 20 heavy (non-hydrogen) atoms. The fourth-order valence-electron chi connectivity index (χ4n) is 2.34. The Kier molecular flexibility index (Phi) is 4.36. The van der Waals surface area contributed by atoms with Gasteiger partial charge in [0.2, 0.25) is 11.8 Å². The Labute approximate surface area is 118 Å². The highest BCUT2D eigenvalue weighted by atomic mass is 16.6. The van der Waals surface area contributed by atoms with E-state index in [4.69, 9.17) is 0 Å². The molecule has 0 atom stereocenters. The van der Waals surface area contributed by atoms with Crippen LogP contribution in [-0.2, 0) is 0 Å². The van der Waals surface area contributed by atoms with Gasteiger partial charge in [-0.05, 0) is 32.1 Å². The second-order valence-corrected chi connectivity index (χ2v) is 5.22. The molecule has 1 aromatic rings. The Balaban J connectivity index is 2.24. The van der Waals surface area contributed by atoms with E-state index in [1.54, 1.807) is 0 Å². The Morgan fingerprint density at radius 1 is 1.45 bits per heavy atom. The van der Waals surface area contributed by atoms with Gasteiger partial charge in [0.1, 0.15) is 6.20 Å². The third kappa shape index (κ3) is 2.97. The maximum absolute atomic E-state index is 11.1. The van der Waals surface area contributed by atoms with Crippen molar-refractivity contribution in [1.29, 1.82) is 0 Å². The van der Waals surface area contributed by atoms with E-state index in [0.717, 1.165) is 38.6 Å². The van der Waals surface area contributed by atoms with Gasteiger partial charge in [0, 0.05) is 12.1 Å². The van der Waals surface area contributed by atoms with E-state index in [-0.39, 0.29) is 11.2 Å². The Morgan fingerprint density at radius 2 is 2.20 bits per heavy atom. The van der Waals surface area contributed by atoms with Gasteiger partial charge in [0.25, 0.3) is 0 Å². The molecule has 7 heteroatoms. The van der Waals surface area contributed by atoms with Crippen LogP contribution in [0.4, 0.5) is 17.5 Å². The average molecular weight is 279 g/mol. The summed E-state index contributed by atoms with van der Waals surface area (Å²) < 4.78 is 0. The molecule has 0 aliphatic heterocycles. The normalized spacial score (nSPS) is 16.3. The zero-order chi connectivity index (χ0) is 14.6. The minimum absolute atomic E-state index is 0.0405. The molecule has 1 heterocycles. The minimum atomic E-state index is -0.437. The molecule has 0 amide bonds. The minimum Gasteiger partial charge on any atom is -0.359 e. The van der Waals surface area contributed by atoms with Crippen LogP contribution in [0.15, 0.2) is 6.20 Å². The predicted molar refractivity (Wildman–Crippen MR) is 78.0 cm³/mol. The zero-order valence-electron chi connectivity index (χ0n) is 12.0. The maximum Gasteiger partial charge on any atom is 0.329 e. The second-order valence-electron chi connectivity index (χ2n) is 5.22. The lowest BCUT2D eigenvalue weighted by atomic mass is 9.75. The van der Waals surface area contributed by atoms with Gasteiger partial charge in [-0.3, -0.25) is 10.1 Å². The molecule has 110 valence electrons. The molecule has 1 aliphatic rings. The Bertz CT molecular complexity index is 482. The summed E-state index contributed by atoms with van der Waals surface area (Å²) in [6, 6.07) is 0. The summed E-state index contributed by atoms with van der Waals surface area (Å²) in [7, 11) is 0. The Hall–Kier alpha value is -1.92. The molecule has 0 radical (unpaired) electrons. The third-order valence-corrected chi connectivity index (χ3v) is 3.87. The van der Waals surface area contributed by atoms with Gasteiger partial charge in [0.05, 0.1) is 4.92 Å². The first-order valence-electron chi connectivity index (χ1n) is 7.13.